The third-order valence-corrected chi connectivity index (χ3v) is 2.55. The van der Waals surface area contributed by atoms with Crippen LogP contribution in [0.15, 0.2) is 53.5 Å². The maximum absolute atomic E-state index is 10.5. The molecule has 0 spiro atoms. The van der Waals surface area contributed by atoms with Gasteiger partial charge in [-0.1, -0.05) is 12.1 Å². The molecular formula is C14H12N2O3. The van der Waals surface area contributed by atoms with Crippen molar-refractivity contribution in [3.05, 3.63) is 64.2 Å². The Kier molecular flexibility index (Phi) is 3.87. The van der Waals surface area contributed by atoms with Gasteiger partial charge in [0.15, 0.2) is 0 Å². The molecule has 2 aromatic rings. The zero-order valence-corrected chi connectivity index (χ0v) is 10.3. The number of benzene rings is 2. The number of hydrogen-bond acceptors (Lipinski definition) is 4. The van der Waals surface area contributed by atoms with Gasteiger partial charge in [0.05, 0.1) is 17.7 Å². The van der Waals surface area contributed by atoms with Crippen LogP contribution in [-0.4, -0.2) is 18.2 Å². The van der Waals surface area contributed by atoms with Gasteiger partial charge in [-0.3, -0.25) is 15.1 Å². The largest absolute Gasteiger partial charge is 0.496 e. The van der Waals surface area contributed by atoms with E-state index in [0.29, 0.717) is 5.69 Å². The molecule has 0 saturated heterocycles. The first-order valence-corrected chi connectivity index (χ1v) is 5.62. The number of nitro benzene ring substituents is 1. The maximum Gasteiger partial charge on any atom is 0.269 e. The summed E-state index contributed by atoms with van der Waals surface area (Å²) in [4.78, 5) is 14.3. The highest BCUT2D eigenvalue weighted by atomic mass is 16.6. The van der Waals surface area contributed by atoms with Crippen molar-refractivity contribution in [2.75, 3.05) is 7.11 Å². The summed E-state index contributed by atoms with van der Waals surface area (Å²) in [5.74, 6) is 0.730. The highest BCUT2D eigenvalue weighted by Gasteiger charge is 2.03. The second-order valence-corrected chi connectivity index (χ2v) is 3.77. The minimum absolute atomic E-state index is 0.0521. The minimum atomic E-state index is -0.437. The van der Waals surface area contributed by atoms with Crippen LogP contribution in [0.2, 0.25) is 0 Å². The summed E-state index contributed by atoms with van der Waals surface area (Å²) in [6, 6.07) is 13.5. The van der Waals surface area contributed by atoms with Crippen LogP contribution in [0.1, 0.15) is 5.56 Å². The Balaban J connectivity index is 2.20. The number of nitrogens with zero attached hydrogens (tertiary/aromatic N) is 2. The van der Waals surface area contributed by atoms with Crippen LogP contribution in [0, 0.1) is 10.1 Å². The van der Waals surface area contributed by atoms with Crippen LogP contribution in [0.3, 0.4) is 0 Å². The summed E-state index contributed by atoms with van der Waals surface area (Å²) in [7, 11) is 1.60. The van der Waals surface area contributed by atoms with Gasteiger partial charge in [0.1, 0.15) is 5.75 Å². The van der Waals surface area contributed by atoms with Crippen LogP contribution in [0.5, 0.6) is 5.75 Å². The molecular weight excluding hydrogens is 244 g/mol. The van der Waals surface area contributed by atoms with Gasteiger partial charge in [-0.2, -0.15) is 0 Å². The summed E-state index contributed by atoms with van der Waals surface area (Å²) < 4.78 is 5.20. The molecule has 2 aromatic carbocycles. The van der Waals surface area contributed by atoms with E-state index in [4.69, 9.17) is 4.74 Å². The average molecular weight is 256 g/mol. The zero-order valence-electron chi connectivity index (χ0n) is 10.3. The topological polar surface area (TPSA) is 64.7 Å². The number of ether oxygens (including phenoxy) is 1. The van der Waals surface area contributed by atoms with Crippen molar-refractivity contribution in [1.29, 1.82) is 0 Å². The molecule has 0 amide bonds. The fraction of sp³-hybridized carbons (Fsp3) is 0.0714. The lowest BCUT2D eigenvalue weighted by Crippen LogP contribution is -1.89. The van der Waals surface area contributed by atoms with E-state index in [-0.39, 0.29) is 5.69 Å². The van der Waals surface area contributed by atoms with Crippen LogP contribution < -0.4 is 4.74 Å². The molecule has 0 radical (unpaired) electrons. The number of para-hydroxylation sites is 1. The molecule has 0 aliphatic heterocycles. The molecule has 0 heterocycles. The summed E-state index contributed by atoms with van der Waals surface area (Å²) >= 11 is 0. The predicted molar refractivity (Wildman–Crippen MR) is 73.3 cm³/mol. The van der Waals surface area contributed by atoms with E-state index in [0.717, 1.165) is 11.3 Å². The number of aliphatic imine (C=N–C) groups is 1. The Bertz CT molecular complexity index is 606. The highest BCUT2D eigenvalue weighted by Crippen LogP contribution is 2.19. The van der Waals surface area contributed by atoms with Crippen molar-refractivity contribution < 1.29 is 9.66 Å². The van der Waals surface area contributed by atoms with Crippen LogP contribution in [-0.2, 0) is 0 Å². The van der Waals surface area contributed by atoms with Crippen molar-refractivity contribution in [3.8, 4) is 5.75 Å². The Morgan fingerprint density at radius 1 is 1.16 bits per heavy atom. The molecule has 0 aliphatic carbocycles. The van der Waals surface area contributed by atoms with Gasteiger partial charge >= 0.3 is 0 Å². The van der Waals surface area contributed by atoms with E-state index in [1.165, 1.54) is 12.1 Å². The third-order valence-electron chi connectivity index (χ3n) is 2.55. The molecule has 0 atom stereocenters. The van der Waals surface area contributed by atoms with Crippen LogP contribution >= 0.6 is 0 Å². The molecule has 0 unspecified atom stereocenters. The van der Waals surface area contributed by atoms with Gasteiger partial charge < -0.3 is 4.74 Å². The summed E-state index contributed by atoms with van der Waals surface area (Å²) in [6.45, 7) is 0. The normalized spacial score (nSPS) is 10.6. The van der Waals surface area contributed by atoms with Crippen molar-refractivity contribution >= 4 is 17.6 Å². The van der Waals surface area contributed by atoms with E-state index in [1.807, 2.05) is 24.3 Å². The van der Waals surface area contributed by atoms with Crippen LogP contribution in [0.25, 0.3) is 0 Å². The Morgan fingerprint density at radius 2 is 1.84 bits per heavy atom. The molecule has 5 nitrogen and oxygen atoms in total. The molecule has 0 bridgehead atoms. The Labute approximate surface area is 110 Å². The first kappa shape index (κ1) is 12.8. The Morgan fingerprint density at radius 3 is 2.47 bits per heavy atom. The fourth-order valence-electron chi connectivity index (χ4n) is 1.58. The summed E-state index contributed by atoms with van der Waals surface area (Å²) in [5, 5.41) is 10.5. The zero-order chi connectivity index (χ0) is 13.7. The van der Waals surface area contributed by atoms with Crippen molar-refractivity contribution in [2.24, 2.45) is 4.99 Å². The number of methoxy groups -OCH3 is 1. The van der Waals surface area contributed by atoms with E-state index >= 15 is 0 Å². The molecule has 96 valence electrons. The predicted octanol–water partition coefficient (Wildman–Crippen LogP) is 3.35. The molecule has 0 aliphatic rings. The second-order valence-electron chi connectivity index (χ2n) is 3.77. The van der Waals surface area contributed by atoms with Crippen LogP contribution in [0.4, 0.5) is 11.4 Å². The van der Waals surface area contributed by atoms with Gasteiger partial charge in [-0.05, 0) is 24.3 Å². The van der Waals surface area contributed by atoms with Crippen molar-refractivity contribution in [2.45, 2.75) is 0 Å². The number of rotatable bonds is 4. The van der Waals surface area contributed by atoms with Gasteiger partial charge in [0.2, 0.25) is 0 Å². The van der Waals surface area contributed by atoms with E-state index in [9.17, 15) is 10.1 Å². The monoisotopic (exact) mass is 256 g/mol. The van der Waals surface area contributed by atoms with E-state index in [1.54, 1.807) is 25.5 Å². The molecule has 19 heavy (non-hydrogen) atoms. The smallest absolute Gasteiger partial charge is 0.269 e. The molecule has 2 rings (SSSR count). The number of nitro groups is 1. The molecule has 0 fully saturated rings. The van der Waals surface area contributed by atoms with Gasteiger partial charge in [-0.25, -0.2) is 0 Å². The minimum Gasteiger partial charge on any atom is -0.496 e. The molecule has 0 saturated carbocycles. The Hall–Kier alpha value is -2.69. The SMILES string of the molecule is COc1ccccc1C=Nc1ccc([N+](=O)[O-])cc1. The highest BCUT2D eigenvalue weighted by molar-refractivity contribution is 5.85. The first-order valence-electron chi connectivity index (χ1n) is 5.62. The molecule has 0 N–H and O–H groups in total. The van der Waals surface area contributed by atoms with E-state index in [2.05, 4.69) is 4.99 Å². The lowest BCUT2D eigenvalue weighted by atomic mass is 10.2. The number of non-ortho nitro benzene ring substituents is 1. The number of hydrogen-bond donors (Lipinski definition) is 0. The first-order chi connectivity index (χ1) is 9.20. The molecule has 0 aromatic heterocycles. The van der Waals surface area contributed by atoms with Gasteiger partial charge in [0, 0.05) is 23.9 Å². The maximum atomic E-state index is 10.5. The molecule has 5 heteroatoms. The van der Waals surface area contributed by atoms with Crippen molar-refractivity contribution in [3.63, 3.8) is 0 Å². The quantitative estimate of drug-likeness (QED) is 0.478. The standard InChI is InChI=1S/C14H12N2O3/c1-19-14-5-3-2-4-11(14)10-15-12-6-8-13(9-7-12)16(17)18/h2-10H,1H3. The lowest BCUT2D eigenvalue weighted by molar-refractivity contribution is -0.384. The average Bonchev–Trinajstić information content (AvgIpc) is 2.45. The summed E-state index contributed by atoms with van der Waals surface area (Å²) in [5.41, 5.74) is 1.55. The van der Waals surface area contributed by atoms with Crippen molar-refractivity contribution in [1.82, 2.24) is 0 Å². The van der Waals surface area contributed by atoms with E-state index < -0.39 is 4.92 Å². The fourth-order valence-corrected chi connectivity index (χ4v) is 1.58. The van der Waals surface area contributed by atoms with Gasteiger partial charge in [-0.15, -0.1) is 0 Å². The van der Waals surface area contributed by atoms with Gasteiger partial charge in [0.25, 0.3) is 5.69 Å². The lowest BCUT2D eigenvalue weighted by Gasteiger charge is -2.02. The second kappa shape index (κ2) is 5.77. The third kappa shape index (κ3) is 3.16. The summed E-state index contributed by atoms with van der Waals surface area (Å²) in [6.07, 6.45) is 1.67.